The molecule has 0 saturated heterocycles. The van der Waals surface area contributed by atoms with E-state index in [9.17, 15) is 0 Å². The summed E-state index contributed by atoms with van der Waals surface area (Å²) in [5, 5.41) is 4.51. The van der Waals surface area contributed by atoms with E-state index in [1.54, 1.807) is 0 Å². The molecule has 0 atom stereocenters. The van der Waals surface area contributed by atoms with Crippen LogP contribution in [0.5, 0.6) is 0 Å². The molecule has 0 aliphatic carbocycles. The van der Waals surface area contributed by atoms with Gasteiger partial charge in [0.2, 0.25) is 0 Å². The third kappa shape index (κ3) is 2.42. The quantitative estimate of drug-likeness (QED) is 0.787. The lowest BCUT2D eigenvalue weighted by Gasteiger charge is -2.03. The summed E-state index contributed by atoms with van der Waals surface area (Å²) in [7, 11) is 3.92. The van der Waals surface area contributed by atoms with Crippen molar-refractivity contribution in [2.24, 2.45) is 0 Å². The highest BCUT2D eigenvalue weighted by molar-refractivity contribution is 7.22. The maximum atomic E-state index is 5.69. The summed E-state index contributed by atoms with van der Waals surface area (Å²) in [6.07, 6.45) is 0. The van der Waals surface area contributed by atoms with E-state index in [0.29, 0.717) is 23.4 Å². The van der Waals surface area contributed by atoms with Gasteiger partial charge in [-0.15, -0.1) is 0 Å². The maximum Gasteiger partial charge on any atom is 0.258 e. The first kappa shape index (κ1) is 12.1. The number of fused-ring (bicyclic) bond motifs is 1. The molecule has 0 amide bonds. The average molecular weight is 275 g/mol. The molecule has 0 fully saturated rings. The number of nitrogens with zero attached hydrogens (tertiary/aromatic N) is 4. The van der Waals surface area contributed by atoms with E-state index in [1.807, 2.05) is 37.2 Å². The van der Waals surface area contributed by atoms with Gasteiger partial charge < -0.3 is 15.2 Å². The molecule has 0 radical (unpaired) electrons. The van der Waals surface area contributed by atoms with Gasteiger partial charge in [-0.2, -0.15) is 4.98 Å². The molecule has 0 unspecified atom stereocenters. The van der Waals surface area contributed by atoms with Gasteiger partial charge in [-0.05, 0) is 32.3 Å². The largest absolute Gasteiger partial charge is 0.375 e. The van der Waals surface area contributed by atoms with Crippen LogP contribution >= 0.6 is 11.3 Å². The zero-order chi connectivity index (χ0) is 13.4. The number of hydrogen-bond donors (Lipinski definition) is 1. The minimum Gasteiger partial charge on any atom is -0.375 e. The third-order valence-corrected chi connectivity index (χ3v) is 3.42. The lowest BCUT2D eigenvalue weighted by molar-refractivity contribution is 0.365. The first-order chi connectivity index (χ1) is 9.11. The van der Waals surface area contributed by atoms with Crippen LogP contribution in [0.4, 0.5) is 5.13 Å². The van der Waals surface area contributed by atoms with Gasteiger partial charge in [0.05, 0.1) is 16.8 Å². The fourth-order valence-electron chi connectivity index (χ4n) is 1.79. The summed E-state index contributed by atoms with van der Waals surface area (Å²) in [6, 6.07) is 5.79. The van der Waals surface area contributed by atoms with Gasteiger partial charge in [0.15, 0.2) is 11.0 Å². The van der Waals surface area contributed by atoms with E-state index in [4.69, 9.17) is 10.3 Å². The van der Waals surface area contributed by atoms with Crippen LogP contribution in [0, 0.1) is 0 Å². The number of benzene rings is 1. The molecular formula is C12H13N5OS. The Morgan fingerprint density at radius 1 is 1.32 bits per heavy atom. The number of nitrogen functional groups attached to an aromatic ring is 1. The van der Waals surface area contributed by atoms with Crippen molar-refractivity contribution in [3.05, 3.63) is 24.0 Å². The van der Waals surface area contributed by atoms with E-state index in [1.165, 1.54) is 11.3 Å². The second-order valence-electron chi connectivity index (χ2n) is 4.49. The highest BCUT2D eigenvalue weighted by Gasteiger charge is 2.11. The fourth-order valence-corrected chi connectivity index (χ4v) is 2.57. The molecule has 0 bridgehead atoms. The van der Waals surface area contributed by atoms with E-state index < -0.39 is 0 Å². The van der Waals surface area contributed by atoms with E-state index in [2.05, 4.69) is 15.1 Å². The van der Waals surface area contributed by atoms with Crippen molar-refractivity contribution in [3.63, 3.8) is 0 Å². The second kappa shape index (κ2) is 4.60. The second-order valence-corrected chi connectivity index (χ2v) is 5.55. The molecule has 0 aliphatic rings. The zero-order valence-electron chi connectivity index (χ0n) is 10.6. The van der Waals surface area contributed by atoms with Gasteiger partial charge in [-0.3, -0.25) is 0 Å². The van der Waals surface area contributed by atoms with Gasteiger partial charge in [0.25, 0.3) is 5.89 Å². The Bertz CT molecular complexity index is 718. The normalized spacial score (nSPS) is 11.5. The molecule has 19 heavy (non-hydrogen) atoms. The van der Waals surface area contributed by atoms with Crippen LogP contribution < -0.4 is 5.73 Å². The Balaban J connectivity index is 1.96. The molecule has 7 heteroatoms. The van der Waals surface area contributed by atoms with Crippen molar-refractivity contribution < 1.29 is 4.52 Å². The number of hydrogen-bond acceptors (Lipinski definition) is 7. The van der Waals surface area contributed by atoms with Gasteiger partial charge in [-0.25, -0.2) is 4.98 Å². The SMILES string of the molecule is CN(C)Cc1noc(-c2ccc3nc(N)sc3c2)n1. The van der Waals surface area contributed by atoms with Gasteiger partial charge in [0, 0.05) is 5.56 Å². The monoisotopic (exact) mass is 275 g/mol. The Morgan fingerprint density at radius 3 is 2.95 bits per heavy atom. The van der Waals surface area contributed by atoms with E-state index in [0.717, 1.165) is 15.8 Å². The van der Waals surface area contributed by atoms with Gasteiger partial charge in [-0.1, -0.05) is 16.5 Å². The lowest BCUT2D eigenvalue weighted by atomic mass is 10.2. The summed E-state index contributed by atoms with van der Waals surface area (Å²) in [5.41, 5.74) is 7.46. The van der Waals surface area contributed by atoms with Crippen molar-refractivity contribution in [2.75, 3.05) is 19.8 Å². The molecular weight excluding hydrogens is 262 g/mol. The molecule has 1 aromatic carbocycles. The first-order valence-electron chi connectivity index (χ1n) is 5.75. The summed E-state index contributed by atoms with van der Waals surface area (Å²) >= 11 is 1.45. The zero-order valence-corrected chi connectivity index (χ0v) is 11.4. The average Bonchev–Trinajstić information content (AvgIpc) is 2.92. The van der Waals surface area contributed by atoms with Gasteiger partial charge in [0.1, 0.15) is 0 Å². The Labute approximate surface area is 113 Å². The molecule has 2 N–H and O–H groups in total. The number of nitrogens with two attached hydrogens (primary N) is 1. The smallest absolute Gasteiger partial charge is 0.258 e. The minimum atomic E-state index is 0.519. The van der Waals surface area contributed by atoms with Crippen LogP contribution in [0.25, 0.3) is 21.7 Å². The molecule has 98 valence electrons. The Kier molecular flexibility index (Phi) is 2.92. The number of thiazole rings is 1. The predicted molar refractivity (Wildman–Crippen MR) is 74.7 cm³/mol. The minimum absolute atomic E-state index is 0.519. The predicted octanol–water partition coefficient (Wildman–Crippen LogP) is 1.99. The Morgan fingerprint density at radius 2 is 2.16 bits per heavy atom. The third-order valence-electron chi connectivity index (χ3n) is 2.58. The lowest BCUT2D eigenvalue weighted by Crippen LogP contribution is -2.11. The maximum absolute atomic E-state index is 5.69. The first-order valence-corrected chi connectivity index (χ1v) is 6.57. The highest BCUT2D eigenvalue weighted by Crippen LogP contribution is 2.28. The standard InChI is InChI=1S/C12H13N5OS/c1-17(2)6-10-15-11(18-16-10)7-3-4-8-9(5-7)19-12(13)14-8/h3-5H,6H2,1-2H3,(H2,13,14). The van der Waals surface area contributed by atoms with Crippen molar-refractivity contribution in [3.8, 4) is 11.5 Å². The fraction of sp³-hybridized carbons (Fsp3) is 0.250. The van der Waals surface area contributed by atoms with Crippen LogP contribution in [0.2, 0.25) is 0 Å². The summed E-state index contributed by atoms with van der Waals surface area (Å²) in [4.78, 5) is 10.6. The van der Waals surface area contributed by atoms with E-state index in [-0.39, 0.29) is 0 Å². The number of aromatic nitrogens is 3. The van der Waals surface area contributed by atoms with E-state index >= 15 is 0 Å². The molecule has 2 aromatic heterocycles. The van der Waals surface area contributed by atoms with Crippen molar-refractivity contribution in [1.82, 2.24) is 20.0 Å². The van der Waals surface area contributed by atoms with Crippen LogP contribution in [0.3, 0.4) is 0 Å². The molecule has 0 spiro atoms. The van der Waals surface area contributed by atoms with Crippen LogP contribution in [0.15, 0.2) is 22.7 Å². The number of anilines is 1. The van der Waals surface area contributed by atoms with Crippen molar-refractivity contribution in [2.45, 2.75) is 6.54 Å². The Hall–Kier alpha value is -1.99. The van der Waals surface area contributed by atoms with Crippen LogP contribution in [0.1, 0.15) is 5.82 Å². The summed E-state index contributed by atoms with van der Waals surface area (Å²) < 4.78 is 6.29. The molecule has 2 heterocycles. The molecule has 3 rings (SSSR count). The molecule has 0 saturated carbocycles. The number of rotatable bonds is 3. The molecule has 6 nitrogen and oxygen atoms in total. The van der Waals surface area contributed by atoms with Crippen LogP contribution in [-0.4, -0.2) is 34.1 Å². The molecule has 3 aromatic rings. The van der Waals surface area contributed by atoms with Crippen LogP contribution in [-0.2, 0) is 6.54 Å². The van der Waals surface area contributed by atoms with Crippen molar-refractivity contribution >= 4 is 26.7 Å². The van der Waals surface area contributed by atoms with Gasteiger partial charge >= 0.3 is 0 Å². The van der Waals surface area contributed by atoms with Crippen molar-refractivity contribution in [1.29, 1.82) is 0 Å². The topological polar surface area (TPSA) is 81.1 Å². The summed E-state index contributed by atoms with van der Waals surface area (Å²) in [6.45, 7) is 0.652. The highest BCUT2D eigenvalue weighted by atomic mass is 32.1. The summed E-state index contributed by atoms with van der Waals surface area (Å²) in [5.74, 6) is 1.19. The molecule has 0 aliphatic heterocycles.